The number of ether oxygens (including phenoxy) is 1. The number of likely N-dealkylation sites (tertiary alicyclic amines) is 1. The van der Waals surface area contributed by atoms with Crippen molar-refractivity contribution in [2.24, 2.45) is 11.1 Å². The Kier molecular flexibility index (Phi) is 8.73. The number of aryl methyl sites for hydroxylation is 1. The van der Waals surface area contributed by atoms with E-state index >= 15 is 0 Å². The first-order valence-electron chi connectivity index (χ1n) is 10.0. The third-order valence-electron chi connectivity index (χ3n) is 5.98. The van der Waals surface area contributed by atoms with Crippen LogP contribution in [0.3, 0.4) is 0 Å². The number of amides is 2. The normalized spacial score (nSPS) is 19.5. The van der Waals surface area contributed by atoms with Crippen LogP contribution in [0.15, 0.2) is 30.3 Å². The van der Waals surface area contributed by atoms with Crippen LogP contribution >= 0.6 is 12.4 Å². The topological polar surface area (TPSA) is 84.7 Å². The first-order valence-corrected chi connectivity index (χ1v) is 10.0. The van der Waals surface area contributed by atoms with Crippen molar-refractivity contribution in [1.82, 2.24) is 10.2 Å². The molecule has 0 aliphatic carbocycles. The van der Waals surface area contributed by atoms with Crippen molar-refractivity contribution in [2.75, 3.05) is 32.8 Å². The Labute approximate surface area is 173 Å². The van der Waals surface area contributed by atoms with Crippen molar-refractivity contribution in [3.8, 4) is 0 Å². The van der Waals surface area contributed by atoms with E-state index in [0.717, 1.165) is 19.3 Å². The van der Waals surface area contributed by atoms with Gasteiger partial charge in [-0.25, -0.2) is 0 Å². The molecule has 0 atom stereocenters. The fourth-order valence-electron chi connectivity index (χ4n) is 3.95. The lowest BCUT2D eigenvalue weighted by Crippen LogP contribution is -2.54. The smallest absolute Gasteiger partial charge is 0.227 e. The predicted octanol–water partition coefficient (Wildman–Crippen LogP) is 1.90. The number of piperidine rings is 1. The summed E-state index contributed by atoms with van der Waals surface area (Å²) in [5, 5.41) is 3.19. The third-order valence-corrected chi connectivity index (χ3v) is 5.98. The molecule has 2 aliphatic rings. The highest BCUT2D eigenvalue weighted by Gasteiger charge is 2.39. The van der Waals surface area contributed by atoms with Gasteiger partial charge in [-0.1, -0.05) is 30.3 Å². The monoisotopic (exact) mass is 409 g/mol. The Bertz CT molecular complexity index is 627. The number of hydrogen-bond acceptors (Lipinski definition) is 4. The van der Waals surface area contributed by atoms with Gasteiger partial charge in [-0.05, 0) is 37.7 Å². The molecule has 1 aromatic carbocycles. The average molecular weight is 410 g/mol. The summed E-state index contributed by atoms with van der Waals surface area (Å²) in [6.07, 6.45) is 4.30. The van der Waals surface area contributed by atoms with E-state index < -0.39 is 5.41 Å². The summed E-state index contributed by atoms with van der Waals surface area (Å²) in [5.41, 5.74) is 6.62. The molecule has 2 amide bonds. The van der Waals surface area contributed by atoms with Gasteiger partial charge < -0.3 is 20.7 Å². The molecular weight excluding hydrogens is 378 g/mol. The molecule has 3 rings (SSSR count). The molecule has 0 saturated carbocycles. The van der Waals surface area contributed by atoms with Crippen LogP contribution < -0.4 is 11.1 Å². The molecular formula is C21H32ClN3O3. The van der Waals surface area contributed by atoms with Gasteiger partial charge in [0.25, 0.3) is 0 Å². The number of benzene rings is 1. The molecule has 6 nitrogen and oxygen atoms in total. The van der Waals surface area contributed by atoms with E-state index in [2.05, 4.69) is 17.4 Å². The summed E-state index contributed by atoms with van der Waals surface area (Å²) in [4.78, 5) is 27.1. The fourth-order valence-corrected chi connectivity index (χ4v) is 3.95. The van der Waals surface area contributed by atoms with E-state index in [1.165, 1.54) is 5.56 Å². The van der Waals surface area contributed by atoms with Crippen LogP contribution in [0, 0.1) is 5.41 Å². The van der Waals surface area contributed by atoms with Crippen LogP contribution in [-0.4, -0.2) is 55.6 Å². The first kappa shape index (κ1) is 22.7. The van der Waals surface area contributed by atoms with Gasteiger partial charge in [0, 0.05) is 45.3 Å². The van der Waals surface area contributed by atoms with Gasteiger partial charge in [-0.15, -0.1) is 12.4 Å². The van der Waals surface area contributed by atoms with Crippen molar-refractivity contribution in [3.63, 3.8) is 0 Å². The van der Waals surface area contributed by atoms with Crippen LogP contribution in [0.2, 0.25) is 0 Å². The zero-order valence-corrected chi connectivity index (χ0v) is 17.2. The minimum absolute atomic E-state index is 0. The van der Waals surface area contributed by atoms with Crippen molar-refractivity contribution >= 4 is 24.2 Å². The SMILES string of the molecule is Cl.NCC1(C(=O)NC2CCN(C(=O)CCc3ccccc3)CC2)CCOCC1. The average Bonchev–Trinajstić information content (AvgIpc) is 2.73. The fraction of sp³-hybridized carbons (Fsp3) is 0.619. The zero-order chi connectivity index (χ0) is 19.1. The van der Waals surface area contributed by atoms with Crippen molar-refractivity contribution in [3.05, 3.63) is 35.9 Å². The van der Waals surface area contributed by atoms with E-state index in [1.807, 2.05) is 23.1 Å². The van der Waals surface area contributed by atoms with Crippen molar-refractivity contribution in [2.45, 2.75) is 44.6 Å². The maximum Gasteiger partial charge on any atom is 0.227 e. The van der Waals surface area contributed by atoms with E-state index in [1.54, 1.807) is 0 Å². The number of hydrogen-bond donors (Lipinski definition) is 2. The van der Waals surface area contributed by atoms with Gasteiger partial charge in [-0.2, -0.15) is 0 Å². The highest BCUT2D eigenvalue weighted by Crippen LogP contribution is 2.30. The molecule has 0 aromatic heterocycles. The molecule has 0 spiro atoms. The molecule has 2 fully saturated rings. The summed E-state index contributed by atoms with van der Waals surface area (Å²) >= 11 is 0. The maximum atomic E-state index is 12.8. The molecule has 7 heteroatoms. The molecule has 1 aromatic rings. The van der Waals surface area contributed by atoms with Gasteiger partial charge in [0.15, 0.2) is 0 Å². The van der Waals surface area contributed by atoms with Gasteiger partial charge in [-0.3, -0.25) is 9.59 Å². The number of nitrogens with one attached hydrogen (secondary N) is 1. The van der Waals surface area contributed by atoms with Gasteiger partial charge >= 0.3 is 0 Å². The summed E-state index contributed by atoms with van der Waals surface area (Å²) in [6.45, 7) is 2.96. The molecule has 28 heavy (non-hydrogen) atoms. The lowest BCUT2D eigenvalue weighted by Gasteiger charge is -2.38. The number of rotatable bonds is 6. The second-order valence-electron chi connectivity index (χ2n) is 7.71. The molecule has 0 unspecified atom stereocenters. The predicted molar refractivity (Wildman–Crippen MR) is 111 cm³/mol. The molecule has 2 saturated heterocycles. The lowest BCUT2D eigenvalue weighted by atomic mass is 9.79. The van der Waals surface area contributed by atoms with Gasteiger partial charge in [0.05, 0.1) is 5.41 Å². The third kappa shape index (κ3) is 5.69. The molecule has 0 radical (unpaired) electrons. The number of carbonyl (C=O) groups excluding carboxylic acids is 2. The van der Waals surface area contributed by atoms with Gasteiger partial charge in [0.2, 0.25) is 11.8 Å². The summed E-state index contributed by atoms with van der Waals surface area (Å²) in [6, 6.07) is 10.2. The highest BCUT2D eigenvalue weighted by molar-refractivity contribution is 5.85. The molecule has 3 N–H and O–H groups in total. The van der Waals surface area contributed by atoms with Crippen LogP contribution in [0.25, 0.3) is 0 Å². The van der Waals surface area contributed by atoms with Gasteiger partial charge in [0.1, 0.15) is 0 Å². The minimum atomic E-state index is -0.485. The molecule has 2 heterocycles. The summed E-state index contributed by atoms with van der Waals surface area (Å²) in [7, 11) is 0. The standard InChI is InChI=1S/C21H31N3O3.ClH/c22-16-21(10-14-27-15-11-21)20(26)23-18-8-12-24(13-9-18)19(25)7-6-17-4-2-1-3-5-17;/h1-5,18H,6-16,22H2,(H,23,26);1H. The quantitative estimate of drug-likeness (QED) is 0.751. The Balaban J connectivity index is 0.00000280. The Morgan fingerprint density at radius 2 is 1.79 bits per heavy atom. The van der Waals surface area contributed by atoms with Crippen LogP contribution in [0.4, 0.5) is 0 Å². The number of carbonyl (C=O) groups is 2. The number of nitrogens with two attached hydrogens (primary N) is 1. The molecule has 0 bridgehead atoms. The zero-order valence-electron chi connectivity index (χ0n) is 16.4. The summed E-state index contributed by atoms with van der Waals surface area (Å²) in [5.74, 6) is 0.258. The van der Waals surface area contributed by atoms with Crippen molar-refractivity contribution in [1.29, 1.82) is 0 Å². The Morgan fingerprint density at radius 3 is 2.39 bits per heavy atom. The first-order chi connectivity index (χ1) is 13.1. The minimum Gasteiger partial charge on any atom is -0.381 e. The summed E-state index contributed by atoms with van der Waals surface area (Å²) < 4.78 is 5.38. The van der Waals surface area contributed by atoms with Crippen LogP contribution in [0.1, 0.15) is 37.7 Å². The largest absolute Gasteiger partial charge is 0.381 e. The highest BCUT2D eigenvalue weighted by atomic mass is 35.5. The second kappa shape index (κ2) is 10.8. The van der Waals surface area contributed by atoms with E-state index in [4.69, 9.17) is 10.5 Å². The van der Waals surface area contributed by atoms with E-state index in [0.29, 0.717) is 52.1 Å². The van der Waals surface area contributed by atoms with E-state index in [9.17, 15) is 9.59 Å². The lowest BCUT2D eigenvalue weighted by molar-refractivity contribution is -0.137. The van der Waals surface area contributed by atoms with E-state index in [-0.39, 0.29) is 30.3 Å². The van der Waals surface area contributed by atoms with Crippen LogP contribution in [-0.2, 0) is 20.7 Å². The Hall–Kier alpha value is -1.63. The molecule has 2 aliphatic heterocycles. The number of halogens is 1. The van der Waals surface area contributed by atoms with Crippen LogP contribution in [0.5, 0.6) is 0 Å². The second-order valence-corrected chi connectivity index (χ2v) is 7.71. The Morgan fingerprint density at radius 1 is 1.14 bits per heavy atom. The number of nitrogens with zero attached hydrogens (tertiary/aromatic N) is 1. The van der Waals surface area contributed by atoms with Crippen molar-refractivity contribution < 1.29 is 14.3 Å². The molecule has 156 valence electrons. The maximum absolute atomic E-state index is 12.8.